The average molecular weight is 355 g/mol. The first-order chi connectivity index (χ1) is 11.8. The van der Waals surface area contributed by atoms with E-state index in [9.17, 15) is 5.11 Å². The lowest BCUT2D eigenvalue weighted by Crippen LogP contribution is -2.67. The molecule has 0 aliphatic carbocycles. The molecule has 25 heavy (non-hydrogen) atoms. The van der Waals surface area contributed by atoms with Gasteiger partial charge in [-0.2, -0.15) is 0 Å². The summed E-state index contributed by atoms with van der Waals surface area (Å²) in [5, 5.41) is 12.5. The van der Waals surface area contributed by atoms with E-state index in [1.165, 1.54) is 10.4 Å². The van der Waals surface area contributed by atoms with Gasteiger partial charge in [0.05, 0.1) is 6.10 Å². The van der Waals surface area contributed by atoms with E-state index >= 15 is 0 Å². The van der Waals surface area contributed by atoms with Crippen LogP contribution in [0.3, 0.4) is 0 Å². The molecule has 0 aliphatic heterocycles. The van der Waals surface area contributed by atoms with Crippen molar-refractivity contribution in [3.05, 3.63) is 73.3 Å². The summed E-state index contributed by atoms with van der Waals surface area (Å²) in [6, 6.07) is 21.1. The van der Waals surface area contributed by atoms with Crippen LogP contribution in [0.5, 0.6) is 0 Å². The van der Waals surface area contributed by atoms with Crippen molar-refractivity contribution in [3.8, 4) is 0 Å². The highest BCUT2D eigenvalue weighted by Gasteiger charge is 2.50. The summed E-state index contributed by atoms with van der Waals surface area (Å²) in [6.07, 6.45) is 1.51. The van der Waals surface area contributed by atoms with Crippen molar-refractivity contribution in [2.24, 2.45) is 0 Å². The Hall–Kier alpha value is -1.68. The Morgan fingerprint density at radius 3 is 1.80 bits per heavy atom. The highest BCUT2D eigenvalue weighted by Crippen LogP contribution is 2.37. The molecule has 2 atom stereocenters. The molecule has 0 aromatic heterocycles. The van der Waals surface area contributed by atoms with Crippen LogP contribution in [0.4, 0.5) is 0 Å². The van der Waals surface area contributed by atoms with Gasteiger partial charge in [0.25, 0.3) is 8.32 Å². The SMILES string of the molecule is C=C[C@@H](O)C[C@@H](C)O[Si](c1ccccc1)(c1ccccc1)C(C)(C)C. The summed E-state index contributed by atoms with van der Waals surface area (Å²) < 4.78 is 6.88. The molecule has 2 rings (SSSR count). The van der Waals surface area contributed by atoms with E-state index in [1.54, 1.807) is 6.08 Å². The van der Waals surface area contributed by atoms with Crippen LogP contribution in [0.1, 0.15) is 34.1 Å². The summed E-state index contributed by atoms with van der Waals surface area (Å²) in [5.74, 6) is 0. The second kappa shape index (κ2) is 8.13. The molecule has 2 aromatic rings. The molecule has 0 heterocycles. The molecule has 0 amide bonds. The Bertz CT molecular complexity index is 622. The van der Waals surface area contributed by atoms with Crippen LogP contribution in [0.15, 0.2) is 73.3 Å². The lowest BCUT2D eigenvalue weighted by atomic mass is 10.2. The summed E-state index contributed by atoms with van der Waals surface area (Å²) in [6.45, 7) is 12.5. The standard InChI is InChI=1S/C22H30O2Si/c1-6-19(23)17-18(2)24-25(22(3,4)5,20-13-9-7-10-14-20)21-15-11-8-12-16-21/h6-16,18-19,23H,1,17H2,2-5H3/t18-,19-/m1/s1. The molecule has 2 aromatic carbocycles. The quantitative estimate of drug-likeness (QED) is 0.604. The van der Waals surface area contributed by atoms with E-state index in [-0.39, 0.29) is 11.1 Å². The van der Waals surface area contributed by atoms with Gasteiger partial charge in [-0.05, 0) is 22.3 Å². The van der Waals surface area contributed by atoms with Gasteiger partial charge < -0.3 is 9.53 Å². The number of aliphatic hydroxyl groups is 1. The smallest absolute Gasteiger partial charge is 0.261 e. The second-order valence-corrected chi connectivity index (χ2v) is 11.9. The first-order valence-corrected chi connectivity index (χ1v) is 10.8. The van der Waals surface area contributed by atoms with Gasteiger partial charge in [-0.1, -0.05) is 87.5 Å². The van der Waals surface area contributed by atoms with Gasteiger partial charge in [0.1, 0.15) is 0 Å². The summed E-state index contributed by atoms with van der Waals surface area (Å²) in [5.41, 5.74) is 0. The fraction of sp³-hybridized carbons (Fsp3) is 0.364. The maximum absolute atomic E-state index is 9.99. The Morgan fingerprint density at radius 2 is 1.44 bits per heavy atom. The van der Waals surface area contributed by atoms with Crippen molar-refractivity contribution < 1.29 is 9.53 Å². The van der Waals surface area contributed by atoms with E-state index in [1.807, 2.05) is 19.1 Å². The van der Waals surface area contributed by atoms with E-state index in [0.29, 0.717) is 6.42 Å². The van der Waals surface area contributed by atoms with Crippen molar-refractivity contribution in [2.75, 3.05) is 0 Å². The van der Waals surface area contributed by atoms with Gasteiger partial charge in [-0.15, -0.1) is 6.58 Å². The molecule has 0 unspecified atom stereocenters. The van der Waals surface area contributed by atoms with Crippen LogP contribution in [-0.2, 0) is 4.43 Å². The van der Waals surface area contributed by atoms with Gasteiger partial charge in [0.15, 0.2) is 0 Å². The summed E-state index contributed by atoms with van der Waals surface area (Å²) >= 11 is 0. The van der Waals surface area contributed by atoms with E-state index in [0.717, 1.165) is 0 Å². The number of hydrogen-bond acceptors (Lipinski definition) is 2. The Kier molecular flexibility index (Phi) is 6.39. The normalized spacial score (nSPS) is 14.8. The van der Waals surface area contributed by atoms with E-state index in [2.05, 4.69) is 75.9 Å². The molecule has 0 aliphatic rings. The second-order valence-electron chi connectivity index (χ2n) is 7.63. The van der Waals surface area contributed by atoms with Gasteiger partial charge in [-0.3, -0.25) is 0 Å². The monoisotopic (exact) mass is 354 g/mol. The highest BCUT2D eigenvalue weighted by molar-refractivity contribution is 6.99. The maximum Gasteiger partial charge on any atom is 0.261 e. The largest absolute Gasteiger partial charge is 0.405 e. The van der Waals surface area contributed by atoms with Crippen LogP contribution >= 0.6 is 0 Å². The van der Waals surface area contributed by atoms with Crippen LogP contribution in [0.2, 0.25) is 5.04 Å². The Morgan fingerprint density at radius 1 is 1.00 bits per heavy atom. The molecule has 2 nitrogen and oxygen atoms in total. The molecular formula is C22H30O2Si. The Balaban J connectivity index is 2.58. The van der Waals surface area contributed by atoms with E-state index < -0.39 is 14.4 Å². The summed E-state index contributed by atoms with van der Waals surface area (Å²) in [7, 11) is -2.54. The van der Waals surface area contributed by atoms with Crippen molar-refractivity contribution in [1.29, 1.82) is 0 Å². The fourth-order valence-corrected chi connectivity index (χ4v) is 8.19. The first kappa shape index (κ1) is 19.6. The molecule has 134 valence electrons. The molecule has 0 saturated heterocycles. The topological polar surface area (TPSA) is 29.5 Å². The number of hydrogen-bond donors (Lipinski definition) is 1. The van der Waals surface area contributed by atoms with Crippen molar-refractivity contribution >= 4 is 18.7 Å². The number of benzene rings is 2. The van der Waals surface area contributed by atoms with Crippen molar-refractivity contribution in [1.82, 2.24) is 0 Å². The third-order valence-electron chi connectivity index (χ3n) is 4.64. The molecular weight excluding hydrogens is 324 g/mol. The van der Waals surface area contributed by atoms with Crippen LogP contribution in [0, 0.1) is 0 Å². The molecule has 3 heteroatoms. The van der Waals surface area contributed by atoms with Crippen LogP contribution in [0.25, 0.3) is 0 Å². The lowest BCUT2D eigenvalue weighted by Gasteiger charge is -2.44. The minimum Gasteiger partial charge on any atom is -0.405 e. The predicted molar refractivity (Wildman–Crippen MR) is 109 cm³/mol. The number of aliphatic hydroxyl groups excluding tert-OH is 1. The third kappa shape index (κ3) is 4.29. The minimum atomic E-state index is -2.54. The first-order valence-electron chi connectivity index (χ1n) is 8.90. The molecule has 0 saturated carbocycles. The third-order valence-corrected chi connectivity index (χ3v) is 9.80. The zero-order valence-corrected chi connectivity index (χ0v) is 16.8. The molecule has 0 radical (unpaired) electrons. The molecule has 0 bridgehead atoms. The highest BCUT2D eigenvalue weighted by atomic mass is 28.4. The van der Waals surface area contributed by atoms with Gasteiger partial charge in [0.2, 0.25) is 0 Å². The zero-order valence-electron chi connectivity index (χ0n) is 15.8. The van der Waals surface area contributed by atoms with Crippen LogP contribution < -0.4 is 10.4 Å². The van der Waals surface area contributed by atoms with Crippen molar-refractivity contribution in [2.45, 2.75) is 51.4 Å². The molecule has 0 spiro atoms. The summed E-state index contributed by atoms with van der Waals surface area (Å²) in [4.78, 5) is 0. The molecule has 1 N–H and O–H groups in total. The van der Waals surface area contributed by atoms with Crippen molar-refractivity contribution in [3.63, 3.8) is 0 Å². The fourth-order valence-electron chi connectivity index (χ4n) is 3.48. The predicted octanol–water partition coefficient (Wildman–Crippen LogP) is 3.89. The zero-order chi connectivity index (χ0) is 18.5. The maximum atomic E-state index is 9.99. The van der Waals surface area contributed by atoms with Gasteiger partial charge in [-0.25, -0.2) is 0 Å². The van der Waals surface area contributed by atoms with Crippen LogP contribution in [-0.4, -0.2) is 25.6 Å². The Labute approximate surface area is 153 Å². The van der Waals surface area contributed by atoms with E-state index in [4.69, 9.17) is 4.43 Å². The van der Waals surface area contributed by atoms with Gasteiger partial charge >= 0.3 is 0 Å². The van der Waals surface area contributed by atoms with Gasteiger partial charge in [0, 0.05) is 12.5 Å². The molecule has 0 fully saturated rings. The minimum absolute atomic E-state index is 0.0525. The lowest BCUT2D eigenvalue weighted by molar-refractivity contribution is 0.125. The number of rotatable bonds is 7. The average Bonchev–Trinajstić information content (AvgIpc) is 2.60.